The van der Waals surface area contributed by atoms with Crippen LogP contribution in [0.3, 0.4) is 0 Å². The molecular formula is C24H31FN4O. The second-order valence-electron chi connectivity index (χ2n) is 9.39. The molecule has 0 amide bonds. The first kappa shape index (κ1) is 19.9. The van der Waals surface area contributed by atoms with E-state index >= 15 is 0 Å². The Kier molecular flexibility index (Phi) is 5.70. The summed E-state index contributed by atoms with van der Waals surface area (Å²) in [5, 5.41) is 0. The highest BCUT2D eigenvalue weighted by molar-refractivity contribution is 5.23. The van der Waals surface area contributed by atoms with E-state index in [1.165, 1.54) is 37.6 Å². The van der Waals surface area contributed by atoms with Crippen LogP contribution < -0.4 is 5.56 Å². The van der Waals surface area contributed by atoms with Gasteiger partial charge >= 0.3 is 0 Å². The van der Waals surface area contributed by atoms with Crippen LogP contribution in [0.15, 0.2) is 35.4 Å². The Bertz CT molecular complexity index is 950. The number of fused-ring (bicyclic) bond motifs is 4. The van der Waals surface area contributed by atoms with Gasteiger partial charge in [-0.3, -0.25) is 19.6 Å². The maximum Gasteiger partial charge on any atom is 0.255 e. The Balaban J connectivity index is 1.32. The molecular weight excluding hydrogens is 379 g/mol. The summed E-state index contributed by atoms with van der Waals surface area (Å²) in [5.41, 5.74) is 3.26. The van der Waals surface area contributed by atoms with E-state index < -0.39 is 0 Å². The molecule has 0 aromatic carbocycles. The molecule has 0 aliphatic carbocycles. The van der Waals surface area contributed by atoms with Crippen LogP contribution in [0.25, 0.3) is 0 Å². The zero-order valence-corrected chi connectivity index (χ0v) is 17.6. The van der Waals surface area contributed by atoms with Gasteiger partial charge in [0.25, 0.3) is 5.56 Å². The van der Waals surface area contributed by atoms with Gasteiger partial charge in [0.15, 0.2) is 0 Å². The fourth-order valence-electron chi connectivity index (χ4n) is 5.68. The highest BCUT2D eigenvalue weighted by Gasteiger charge is 2.35. The molecule has 0 N–H and O–H groups in total. The second-order valence-corrected chi connectivity index (χ2v) is 9.39. The van der Waals surface area contributed by atoms with Crippen molar-refractivity contribution in [3.63, 3.8) is 0 Å². The van der Waals surface area contributed by atoms with Crippen LogP contribution in [-0.4, -0.2) is 45.5 Å². The number of nitrogens with zero attached hydrogens (tertiary/aromatic N) is 4. The van der Waals surface area contributed by atoms with Crippen LogP contribution in [0, 0.1) is 11.7 Å². The van der Waals surface area contributed by atoms with E-state index in [1.54, 1.807) is 12.3 Å². The summed E-state index contributed by atoms with van der Waals surface area (Å²) in [7, 11) is 0. The molecule has 0 spiro atoms. The molecule has 2 aromatic rings. The van der Waals surface area contributed by atoms with Crippen molar-refractivity contribution in [2.45, 2.75) is 57.7 Å². The number of aromatic nitrogens is 2. The molecule has 0 unspecified atom stereocenters. The Labute approximate surface area is 177 Å². The maximum atomic E-state index is 13.5. The van der Waals surface area contributed by atoms with Gasteiger partial charge in [0, 0.05) is 56.1 Å². The lowest BCUT2D eigenvalue weighted by molar-refractivity contribution is 0.114. The average Bonchev–Trinajstić information content (AvgIpc) is 2.99. The molecule has 2 fully saturated rings. The van der Waals surface area contributed by atoms with Crippen molar-refractivity contribution in [1.29, 1.82) is 0 Å². The number of pyridine rings is 2. The normalized spacial score (nSPS) is 25.0. The molecule has 2 saturated heterocycles. The summed E-state index contributed by atoms with van der Waals surface area (Å²) in [6, 6.07) is 5.85. The minimum absolute atomic E-state index is 0.217. The Morgan fingerprint density at radius 1 is 0.967 bits per heavy atom. The molecule has 0 radical (unpaired) electrons. The molecule has 6 heteroatoms. The molecule has 2 bridgehead atoms. The summed E-state index contributed by atoms with van der Waals surface area (Å²) >= 11 is 0. The van der Waals surface area contributed by atoms with Crippen molar-refractivity contribution < 1.29 is 4.39 Å². The molecule has 0 saturated carbocycles. The third-order valence-corrected chi connectivity index (χ3v) is 7.02. The zero-order valence-electron chi connectivity index (χ0n) is 17.6. The first-order valence-corrected chi connectivity index (χ1v) is 11.4. The van der Waals surface area contributed by atoms with E-state index in [2.05, 4.69) is 31.5 Å². The van der Waals surface area contributed by atoms with Gasteiger partial charge in [0.05, 0.1) is 6.20 Å². The van der Waals surface area contributed by atoms with E-state index in [-0.39, 0.29) is 11.4 Å². The molecule has 160 valence electrons. The van der Waals surface area contributed by atoms with Crippen molar-refractivity contribution in [2.75, 3.05) is 26.2 Å². The quantitative estimate of drug-likeness (QED) is 0.775. The van der Waals surface area contributed by atoms with E-state index in [0.717, 1.165) is 63.4 Å². The largest absolute Gasteiger partial charge is 0.312 e. The molecule has 5 nitrogen and oxygen atoms in total. The van der Waals surface area contributed by atoms with Gasteiger partial charge in [-0.25, -0.2) is 4.39 Å². The summed E-state index contributed by atoms with van der Waals surface area (Å²) in [6.45, 7) is 6.39. The van der Waals surface area contributed by atoms with Crippen molar-refractivity contribution in [2.24, 2.45) is 5.92 Å². The SMILES string of the molecule is O=c1c(CN2CCCCCC2)ccc2n1C[C@H]1C[C@@H]2CN(Cc2cncc(F)c2)C1. The van der Waals surface area contributed by atoms with Crippen LogP contribution >= 0.6 is 0 Å². The predicted octanol–water partition coefficient (Wildman–Crippen LogP) is 3.38. The predicted molar refractivity (Wildman–Crippen MR) is 115 cm³/mol. The summed E-state index contributed by atoms with van der Waals surface area (Å²) in [6.07, 6.45) is 9.25. The van der Waals surface area contributed by atoms with Gasteiger partial charge in [0.2, 0.25) is 0 Å². The number of rotatable bonds is 4. The van der Waals surface area contributed by atoms with Gasteiger partial charge in [-0.15, -0.1) is 0 Å². The zero-order chi connectivity index (χ0) is 20.5. The third kappa shape index (κ3) is 4.21. The van der Waals surface area contributed by atoms with Crippen LogP contribution in [0.2, 0.25) is 0 Å². The monoisotopic (exact) mass is 410 g/mol. The standard InChI is InChI=1S/C24H31FN4O/c25-22-10-18(11-26-12-22)13-28-14-19-9-21(17-28)23-6-5-20(24(30)29(23)15-19)16-27-7-3-1-2-4-8-27/h5-6,10-12,19,21H,1-4,7-9,13-17H2/t19-,21+/m0/s1. The van der Waals surface area contributed by atoms with Crippen LogP contribution in [0.4, 0.5) is 4.39 Å². The van der Waals surface area contributed by atoms with Gasteiger partial charge in [-0.2, -0.15) is 0 Å². The van der Waals surface area contributed by atoms with Crippen LogP contribution in [0.5, 0.6) is 0 Å². The summed E-state index contributed by atoms with van der Waals surface area (Å²) in [5.74, 6) is 0.571. The molecule has 5 heterocycles. The van der Waals surface area contributed by atoms with E-state index in [0.29, 0.717) is 11.8 Å². The van der Waals surface area contributed by atoms with Gasteiger partial charge in [-0.1, -0.05) is 18.9 Å². The summed E-state index contributed by atoms with van der Waals surface area (Å²) < 4.78 is 15.6. The van der Waals surface area contributed by atoms with Crippen molar-refractivity contribution in [3.8, 4) is 0 Å². The maximum absolute atomic E-state index is 13.5. The highest BCUT2D eigenvalue weighted by Crippen LogP contribution is 2.35. The smallest absolute Gasteiger partial charge is 0.255 e. The van der Waals surface area contributed by atoms with Crippen molar-refractivity contribution in [3.05, 3.63) is 63.6 Å². The lowest BCUT2D eigenvalue weighted by atomic mass is 9.83. The van der Waals surface area contributed by atoms with Gasteiger partial charge in [-0.05, 0) is 56.0 Å². The minimum atomic E-state index is -0.279. The molecule has 5 rings (SSSR count). The fraction of sp³-hybridized carbons (Fsp3) is 0.583. The van der Waals surface area contributed by atoms with Crippen LogP contribution in [-0.2, 0) is 19.6 Å². The average molecular weight is 411 g/mol. The first-order chi connectivity index (χ1) is 14.7. The van der Waals surface area contributed by atoms with E-state index in [4.69, 9.17) is 0 Å². The van der Waals surface area contributed by atoms with Gasteiger partial charge < -0.3 is 4.57 Å². The highest BCUT2D eigenvalue weighted by atomic mass is 19.1. The Morgan fingerprint density at radius 2 is 1.80 bits per heavy atom. The second kappa shape index (κ2) is 8.60. The first-order valence-electron chi connectivity index (χ1n) is 11.4. The molecule has 2 aromatic heterocycles. The molecule has 2 atom stereocenters. The van der Waals surface area contributed by atoms with E-state index in [1.807, 2.05) is 0 Å². The molecule has 30 heavy (non-hydrogen) atoms. The number of hydrogen-bond donors (Lipinski definition) is 0. The summed E-state index contributed by atoms with van der Waals surface area (Å²) in [4.78, 5) is 22.1. The minimum Gasteiger partial charge on any atom is -0.312 e. The topological polar surface area (TPSA) is 41.4 Å². The number of halogens is 1. The van der Waals surface area contributed by atoms with E-state index in [9.17, 15) is 9.18 Å². The lowest BCUT2D eigenvalue weighted by Gasteiger charge is -2.43. The fourth-order valence-corrected chi connectivity index (χ4v) is 5.68. The van der Waals surface area contributed by atoms with Crippen molar-refractivity contribution >= 4 is 0 Å². The van der Waals surface area contributed by atoms with Crippen LogP contribution in [0.1, 0.15) is 54.8 Å². The molecule has 3 aliphatic heterocycles. The Morgan fingerprint density at radius 3 is 2.60 bits per heavy atom. The number of hydrogen-bond acceptors (Lipinski definition) is 4. The lowest BCUT2D eigenvalue weighted by Crippen LogP contribution is -2.47. The number of likely N-dealkylation sites (tertiary alicyclic amines) is 2. The van der Waals surface area contributed by atoms with Gasteiger partial charge in [0.1, 0.15) is 5.82 Å². The number of piperidine rings is 1. The van der Waals surface area contributed by atoms with Crippen molar-refractivity contribution in [1.82, 2.24) is 19.4 Å². The molecule has 3 aliphatic rings. The Hall–Kier alpha value is -2.05. The third-order valence-electron chi connectivity index (χ3n) is 7.02.